The number of nitrogens with one attached hydrogen (secondary N) is 1. The molecule has 3 heterocycles. The van der Waals surface area contributed by atoms with Crippen LogP contribution in [0.2, 0.25) is 18.1 Å². The number of likely N-dealkylation sites (N-methyl/N-ethyl adjacent to an activating group) is 1. The summed E-state index contributed by atoms with van der Waals surface area (Å²) in [7, 11) is 2.18. The number of aromatic nitrogens is 2. The second kappa shape index (κ2) is 15.0. The standard InChI is InChI=1S/C39H54N6O3Si/c1-39(2,3)49(6,7)48-28-31-25-40-18-20-45(31)37-34-17-19-44(26-35(34)41-38(42-37)46-22-21-43(4)5)36-24-32(23-30-15-11-12-16-33(30)36)47-27-29-13-9-8-10-14-29/h8-16,23-24,31,40H,17-22,25-28H2,1-7H3/t31-/m0/s1. The highest BCUT2D eigenvalue weighted by molar-refractivity contribution is 6.74. The third-order valence-electron chi connectivity index (χ3n) is 10.3. The van der Waals surface area contributed by atoms with Gasteiger partial charge in [-0.25, -0.2) is 0 Å². The molecule has 2 aliphatic rings. The lowest BCUT2D eigenvalue weighted by atomic mass is 10.0. The van der Waals surface area contributed by atoms with Crippen LogP contribution in [-0.4, -0.2) is 89.3 Å². The Hall–Kier alpha value is -3.70. The number of rotatable bonds is 12. The number of nitrogens with zero attached hydrogens (tertiary/aromatic N) is 5. The summed E-state index contributed by atoms with van der Waals surface area (Å²) in [6.07, 6.45) is 0.839. The topological polar surface area (TPSA) is 75.2 Å². The van der Waals surface area contributed by atoms with Crippen LogP contribution in [0.3, 0.4) is 0 Å². The van der Waals surface area contributed by atoms with E-state index in [1.807, 2.05) is 18.2 Å². The molecule has 3 aromatic carbocycles. The molecule has 1 fully saturated rings. The number of ether oxygens (including phenoxy) is 2. The predicted molar refractivity (Wildman–Crippen MR) is 203 cm³/mol. The molecule has 49 heavy (non-hydrogen) atoms. The third kappa shape index (κ3) is 8.37. The molecule has 0 saturated carbocycles. The highest BCUT2D eigenvalue weighted by atomic mass is 28.4. The van der Waals surface area contributed by atoms with Gasteiger partial charge in [-0.3, -0.25) is 0 Å². The largest absolute Gasteiger partial charge is 0.489 e. The van der Waals surface area contributed by atoms with E-state index in [4.69, 9.17) is 23.9 Å². The molecule has 262 valence electrons. The average Bonchev–Trinajstić information content (AvgIpc) is 3.09. The van der Waals surface area contributed by atoms with Gasteiger partial charge >= 0.3 is 6.01 Å². The zero-order valence-electron chi connectivity index (χ0n) is 30.5. The zero-order chi connectivity index (χ0) is 34.6. The first-order valence-corrected chi connectivity index (χ1v) is 20.6. The van der Waals surface area contributed by atoms with Crippen molar-refractivity contribution in [2.45, 2.75) is 64.5 Å². The summed E-state index contributed by atoms with van der Waals surface area (Å²) in [6.45, 7) is 18.2. The maximum Gasteiger partial charge on any atom is 0.318 e. The molecule has 0 radical (unpaired) electrons. The maximum atomic E-state index is 6.78. The van der Waals surface area contributed by atoms with Crippen molar-refractivity contribution in [1.29, 1.82) is 0 Å². The summed E-state index contributed by atoms with van der Waals surface area (Å²) in [5.74, 6) is 1.87. The van der Waals surface area contributed by atoms with Crippen molar-refractivity contribution in [3.63, 3.8) is 0 Å². The van der Waals surface area contributed by atoms with Crippen molar-refractivity contribution < 1.29 is 13.9 Å². The van der Waals surface area contributed by atoms with Crippen molar-refractivity contribution in [3.05, 3.63) is 83.6 Å². The van der Waals surface area contributed by atoms with Gasteiger partial charge in [-0.15, -0.1) is 0 Å². The highest BCUT2D eigenvalue weighted by Crippen LogP contribution is 2.39. The Morgan fingerprint density at radius 1 is 0.959 bits per heavy atom. The van der Waals surface area contributed by atoms with Crippen molar-refractivity contribution in [3.8, 4) is 11.8 Å². The first-order valence-electron chi connectivity index (χ1n) is 17.7. The number of hydrogen-bond donors (Lipinski definition) is 1. The maximum absolute atomic E-state index is 6.78. The van der Waals surface area contributed by atoms with E-state index in [0.717, 1.165) is 73.0 Å². The third-order valence-corrected chi connectivity index (χ3v) is 14.8. The predicted octanol–water partition coefficient (Wildman–Crippen LogP) is 6.51. The molecule has 0 spiro atoms. The van der Waals surface area contributed by atoms with Gasteiger partial charge in [0.15, 0.2) is 8.32 Å². The van der Waals surface area contributed by atoms with E-state index in [1.165, 1.54) is 10.9 Å². The van der Waals surface area contributed by atoms with Crippen LogP contribution in [0, 0.1) is 0 Å². The Kier molecular flexibility index (Phi) is 10.8. The molecule has 0 amide bonds. The van der Waals surface area contributed by atoms with Crippen LogP contribution in [0.25, 0.3) is 10.8 Å². The van der Waals surface area contributed by atoms with E-state index in [1.54, 1.807) is 0 Å². The summed E-state index contributed by atoms with van der Waals surface area (Å²) in [4.78, 5) is 17.2. The van der Waals surface area contributed by atoms with Crippen LogP contribution >= 0.6 is 0 Å². The minimum Gasteiger partial charge on any atom is -0.489 e. The van der Waals surface area contributed by atoms with Crippen molar-refractivity contribution in [1.82, 2.24) is 20.2 Å². The molecule has 0 unspecified atom stereocenters. The first kappa shape index (κ1) is 35.1. The van der Waals surface area contributed by atoms with Gasteiger partial charge in [0.25, 0.3) is 0 Å². The molecule has 1 atom stereocenters. The van der Waals surface area contributed by atoms with Gasteiger partial charge in [0, 0.05) is 55.4 Å². The first-order chi connectivity index (χ1) is 23.5. The minimum atomic E-state index is -1.92. The van der Waals surface area contributed by atoms with Gasteiger partial charge < -0.3 is 33.9 Å². The number of hydrogen-bond acceptors (Lipinski definition) is 9. The van der Waals surface area contributed by atoms with Gasteiger partial charge in [0.2, 0.25) is 0 Å². The van der Waals surface area contributed by atoms with Gasteiger partial charge in [-0.05, 0) is 55.7 Å². The molecular formula is C39H54N6O3Si. The highest BCUT2D eigenvalue weighted by Gasteiger charge is 2.39. The van der Waals surface area contributed by atoms with E-state index >= 15 is 0 Å². The monoisotopic (exact) mass is 682 g/mol. The summed E-state index contributed by atoms with van der Waals surface area (Å²) in [6, 6.07) is 23.9. The number of benzene rings is 3. The van der Waals surface area contributed by atoms with E-state index in [-0.39, 0.29) is 11.1 Å². The summed E-state index contributed by atoms with van der Waals surface area (Å²) in [5.41, 5.74) is 4.55. The molecule has 9 nitrogen and oxygen atoms in total. The fourth-order valence-electron chi connectivity index (χ4n) is 6.27. The van der Waals surface area contributed by atoms with E-state index in [9.17, 15) is 0 Å². The fourth-order valence-corrected chi connectivity index (χ4v) is 7.32. The summed E-state index contributed by atoms with van der Waals surface area (Å²) in [5, 5.41) is 6.14. The molecule has 10 heteroatoms. The van der Waals surface area contributed by atoms with E-state index < -0.39 is 8.32 Å². The average molecular weight is 683 g/mol. The number of fused-ring (bicyclic) bond motifs is 2. The van der Waals surface area contributed by atoms with Gasteiger partial charge in [0.05, 0.1) is 24.9 Å². The summed E-state index contributed by atoms with van der Waals surface area (Å²) >= 11 is 0. The zero-order valence-corrected chi connectivity index (χ0v) is 31.5. The molecular weight excluding hydrogens is 629 g/mol. The van der Waals surface area contributed by atoms with Crippen LogP contribution in [0.4, 0.5) is 11.5 Å². The lowest BCUT2D eigenvalue weighted by Gasteiger charge is -2.42. The van der Waals surface area contributed by atoms with E-state index in [2.05, 4.69) is 117 Å². The Balaban J connectivity index is 1.32. The molecule has 0 aliphatic carbocycles. The van der Waals surface area contributed by atoms with Gasteiger partial charge in [-0.2, -0.15) is 9.97 Å². The normalized spacial score (nSPS) is 17.0. The lowest BCUT2D eigenvalue weighted by molar-refractivity contribution is 0.239. The van der Waals surface area contributed by atoms with Gasteiger partial charge in [-0.1, -0.05) is 75.4 Å². The smallest absolute Gasteiger partial charge is 0.318 e. The minimum absolute atomic E-state index is 0.152. The van der Waals surface area contributed by atoms with Crippen LogP contribution in [-0.2, 0) is 24.0 Å². The Morgan fingerprint density at radius 2 is 1.73 bits per heavy atom. The number of piperazine rings is 1. The molecule has 1 saturated heterocycles. The second-order valence-electron chi connectivity index (χ2n) is 15.1. The SMILES string of the molecule is CN(C)CCOc1nc2c(c(N3CCNC[C@H]3CO[Si](C)(C)C(C)(C)C)n1)CCN(c1cc(OCc3ccccc3)cc3ccccc13)C2. The van der Waals surface area contributed by atoms with Crippen LogP contribution in [0.15, 0.2) is 66.7 Å². The number of anilines is 2. The molecule has 0 bridgehead atoms. The second-order valence-corrected chi connectivity index (χ2v) is 19.9. The van der Waals surface area contributed by atoms with Crippen LogP contribution in [0.5, 0.6) is 11.8 Å². The Morgan fingerprint density at radius 3 is 2.51 bits per heavy atom. The molecule has 4 aromatic rings. The summed E-state index contributed by atoms with van der Waals surface area (Å²) < 4.78 is 19.4. The van der Waals surface area contributed by atoms with Crippen molar-refractivity contribution >= 4 is 30.6 Å². The van der Waals surface area contributed by atoms with E-state index in [0.29, 0.717) is 32.4 Å². The molecule has 2 aliphatic heterocycles. The Labute approximate surface area is 293 Å². The van der Waals surface area contributed by atoms with Crippen LogP contribution < -0.4 is 24.6 Å². The molecule has 1 aromatic heterocycles. The Bertz CT molecular complexity index is 1710. The van der Waals surface area contributed by atoms with Crippen molar-refractivity contribution in [2.24, 2.45) is 0 Å². The van der Waals surface area contributed by atoms with Crippen molar-refractivity contribution in [2.75, 3.05) is 69.8 Å². The quantitative estimate of drug-likeness (QED) is 0.168. The molecule has 1 N–H and O–H groups in total. The molecule has 6 rings (SSSR count). The van der Waals surface area contributed by atoms with Gasteiger partial charge in [0.1, 0.15) is 24.8 Å². The van der Waals surface area contributed by atoms with Crippen LogP contribution in [0.1, 0.15) is 37.6 Å². The lowest BCUT2D eigenvalue weighted by Crippen LogP contribution is -2.56. The fraction of sp³-hybridized carbons (Fsp3) is 0.487.